The maximum Gasteiger partial charge on any atom is 0.336 e. The van der Waals surface area contributed by atoms with Crippen LogP contribution in [-0.2, 0) is 0 Å². The lowest BCUT2D eigenvalue weighted by molar-refractivity contribution is 0.301. The zero-order valence-corrected chi connectivity index (χ0v) is 11.8. The highest BCUT2D eigenvalue weighted by Crippen LogP contribution is 2.42. The first-order valence-corrected chi connectivity index (χ1v) is 6.30. The minimum atomic E-state index is -0.565. The lowest BCUT2D eigenvalue weighted by Gasteiger charge is -2.12. The third-order valence-corrected chi connectivity index (χ3v) is 2.93. The van der Waals surface area contributed by atoms with Crippen LogP contribution < -0.4 is 15.1 Å². The summed E-state index contributed by atoms with van der Waals surface area (Å²) in [5.74, 6) is 0.113. The second-order valence-corrected chi connectivity index (χ2v) is 4.45. The molecule has 0 saturated heterocycles. The van der Waals surface area contributed by atoms with Gasteiger partial charge in [0.1, 0.15) is 6.61 Å². The molecule has 0 atom stereocenters. The Hall–Kier alpha value is -2.47. The van der Waals surface area contributed by atoms with Crippen molar-refractivity contribution < 1.29 is 24.1 Å². The molecule has 1 heterocycles. The Labute approximate surface area is 120 Å². The number of aliphatic hydroxyl groups excluding tert-OH is 1. The van der Waals surface area contributed by atoms with Gasteiger partial charge in [0.05, 0.1) is 13.7 Å². The highest BCUT2D eigenvalue weighted by molar-refractivity contribution is 5.87. The van der Waals surface area contributed by atoms with Gasteiger partial charge >= 0.3 is 5.63 Å². The molecule has 0 unspecified atom stereocenters. The zero-order valence-electron chi connectivity index (χ0n) is 11.8. The maximum absolute atomic E-state index is 11.3. The minimum absolute atomic E-state index is 0.0427. The van der Waals surface area contributed by atoms with Crippen LogP contribution in [0.2, 0.25) is 0 Å². The summed E-state index contributed by atoms with van der Waals surface area (Å²) in [6.07, 6.45) is 1.67. The number of benzene rings is 1. The average Bonchev–Trinajstić information content (AvgIpc) is 2.49. The van der Waals surface area contributed by atoms with Gasteiger partial charge in [-0.3, -0.25) is 0 Å². The van der Waals surface area contributed by atoms with Crippen LogP contribution in [0.1, 0.15) is 6.92 Å². The summed E-state index contributed by atoms with van der Waals surface area (Å²) in [5.41, 5.74) is 0.215. The van der Waals surface area contributed by atoms with E-state index in [9.17, 15) is 9.90 Å². The first-order valence-electron chi connectivity index (χ1n) is 6.30. The van der Waals surface area contributed by atoms with E-state index in [-0.39, 0.29) is 30.3 Å². The van der Waals surface area contributed by atoms with E-state index in [0.29, 0.717) is 11.1 Å². The third kappa shape index (κ3) is 3.17. The summed E-state index contributed by atoms with van der Waals surface area (Å²) >= 11 is 0. The molecule has 2 aromatic rings. The average molecular weight is 292 g/mol. The topological polar surface area (TPSA) is 89.1 Å². The molecule has 6 nitrogen and oxygen atoms in total. The summed E-state index contributed by atoms with van der Waals surface area (Å²) < 4.78 is 15.6. The van der Waals surface area contributed by atoms with Crippen LogP contribution >= 0.6 is 0 Å². The number of phenols is 1. The Balaban J connectivity index is 2.45. The monoisotopic (exact) mass is 292 g/mol. The molecule has 2 rings (SSSR count). The number of methoxy groups -OCH3 is 1. The van der Waals surface area contributed by atoms with Crippen molar-refractivity contribution in [3.8, 4) is 17.2 Å². The van der Waals surface area contributed by atoms with Crippen molar-refractivity contribution in [3.63, 3.8) is 0 Å². The van der Waals surface area contributed by atoms with Gasteiger partial charge in [-0.1, -0.05) is 0 Å². The number of hydrogen-bond donors (Lipinski definition) is 2. The molecule has 112 valence electrons. The Morgan fingerprint density at radius 3 is 2.86 bits per heavy atom. The van der Waals surface area contributed by atoms with Crippen LogP contribution in [0.5, 0.6) is 17.2 Å². The largest absolute Gasteiger partial charge is 0.502 e. The van der Waals surface area contributed by atoms with E-state index < -0.39 is 5.63 Å². The van der Waals surface area contributed by atoms with Crippen molar-refractivity contribution in [2.75, 3.05) is 20.3 Å². The van der Waals surface area contributed by atoms with E-state index >= 15 is 0 Å². The number of hydrogen-bond acceptors (Lipinski definition) is 6. The summed E-state index contributed by atoms with van der Waals surface area (Å²) in [6.45, 7) is 1.82. The zero-order chi connectivity index (χ0) is 15.4. The molecule has 0 aliphatic rings. The number of ether oxygens (including phenoxy) is 2. The fourth-order valence-corrected chi connectivity index (χ4v) is 1.78. The van der Waals surface area contributed by atoms with Crippen molar-refractivity contribution in [2.45, 2.75) is 6.92 Å². The first-order chi connectivity index (χ1) is 10.1. The smallest absolute Gasteiger partial charge is 0.336 e. The second-order valence-electron chi connectivity index (χ2n) is 4.45. The molecule has 0 aliphatic heterocycles. The molecule has 6 heteroatoms. The molecule has 1 aromatic heterocycles. The van der Waals surface area contributed by atoms with E-state index in [4.69, 9.17) is 19.0 Å². The molecular formula is C15H16O6. The van der Waals surface area contributed by atoms with Gasteiger partial charge in [0.25, 0.3) is 0 Å². The SMILES string of the molecule is COc1cc2ccc(=O)oc2c(O)c1OC/C=C(\C)CO. The molecule has 0 saturated carbocycles. The van der Waals surface area contributed by atoms with Gasteiger partial charge in [0.15, 0.2) is 11.3 Å². The summed E-state index contributed by atoms with van der Waals surface area (Å²) in [5, 5.41) is 19.6. The summed E-state index contributed by atoms with van der Waals surface area (Å²) in [4.78, 5) is 11.3. The number of phenolic OH excluding ortho intramolecular Hbond substituents is 1. The molecule has 0 bridgehead atoms. The van der Waals surface area contributed by atoms with Crippen molar-refractivity contribution in [1.82, 2.24) is 0 Å². The summed E-state index contributed by atoms with van der Waals surface area (Å²) in [7, 11) is 1.45. The maximum atomic E-state index is 11.3. The van der Waals surface area contributed by atoms with Gasteiger partial charge in [-0.2, -0.15) is 0 Å². The summed E-state index contributed by atoms with van der Waals surface area (Å²) in [6, 6.07) is 4.40. The van der Waals surface area contributed by atoms with Crippen molar-refractivity contribution in [1.29, 1.82) is 0 Å². The Bertz CT molecular complexity index is 729. The van der Waals surface area contributed by atoms with Gasteiger partial charge in [-0.05, 0) is 30.7 Å². The quantitative estimate of drug-likeness (QED) is 0.645. The van der Waals surface area contributed by atoms with Gasteiger partial charge in [-0.25, -0.2) is 4.79 Å². The predicted octanol–water partition coefficient (Wildman–Crippen LogP) is 1.82. The third-order valence-electron chi connectivity index (χ3n) is 2.93. The predicted molar refractivity (Wildman–Crippen MR) is 77.0 cm³/mol. The molecular weight excluding hydrogens is 276 g/mol. The van der Waals surface area contributed by atoms with E-state index in [1.165, 1.54) is 19.2 Å². The Morgan fingerprint density at radius 1 is 1.43 bits per heavy atom. The number of aliphatic hydroxyl groups is 1. The number of aromatic hydroxyl groups is 1. The van der Waals surface area contributed by atoms with Crippen molar-refractivity contribution in [3.05, 3.63) is 40.3 Å². The van der Waals surface area contributed by atoms with Crippen molar-refractivity contribution in [2.24, 2.45) is 0 Å². The van der Waals surface area contributed by atoms with Gasteiger partial charge in [0.2, 0.25) is 11.5 Å². The lowest BCUT2D eigenvalue weighted by atomic mass is 10.2. The van der Waals surface area contributed by atoms with Gasteiger partial charge in [0, 0.05) is 11.5 Å². The van der Waals surface area contributed by atoms with Gasteiger partial charge < -0.3 is 24.1 Å². The minimum Gasteiger partial charge on any atom is -0.502 e. The molecule has 0 spiro atoms. The van der Waals surface area contributed by atoms with Crippen LogP contribution in [0.3, 0.4) is 0 Å². The highest BCUT2D eigenvalue weighted by Gasteiger charge is 2.17. The van der Waals surface area contributed by atoms with E-state index in [0.717, 1.165) is 5.57 Å². The van der Waals surface area contributed by atoms with Crippen molar-refractivity contribution >= 4 is 11.0 Å². The first kappa shape index (κ1) is 14.9. The molecule has 0 fully saturated rings. The second kappa shape index (κ2) is 6.32. The van der Waals surface area contributed by atoms with E-state index in [1.54, 1.807) is 19.1 Å². The van der Waals surface area contributed by atoms with E-state index in [2.05, 4.69) is 0 Å². The van der Waals surface area contributed by atoms with Crippen LogP contribution in [0.4, 0.5) is 0 Å². The molecule has 21 heavy (non-hydrogen) atoms. The molecule has 1 aromatic carbocycles. The highest BCUT2D eigenvalue weighted by atomic mass is 16.5. The van der Waals surface area contributed by atoms with Crippen LogP contribution in [0, 0.1) is 0 Å². The van der Waals surface area contributed by atoms with Crippen LogP contribution in [0.15, 0.2) is 39.1 Å². The standard InChI is InChI=1S/C15H16O6/c1-9(8-16)5-6-20-15-11(19-2)7-10-3-4-12(17)21-14(10)13(15)18/h3-5,7,16,18H,6,8H2,1-2H3/b9-5+. The molecule has 0 radical (unpaired) electrons. The van der Waals surface area contributed by atoms with Crippen LogP contribution in [0.25, 0.3) is 11.0 Å². The van der Waals surface area contributed by atoms with Crippen LogP contribution in [-0.4, -0.2) is 30.5 Å². The number of rotatable bonds is 5. The van der Waals surface area contributed by atoms with Gasteiger partial charge in [-0.15, -0.1) is 0 Å². The fraction of sp³-hybridized carbons (Fsp3) is 0.267. The Morgan fingerprint density at radius 2 is 2.19 bits per heavy atom. The Kier molecular flexibility index (Phi) is 4.49. The number of fused-ring (bicyclic) bond motifs is 1. The fourth-order valence-electron chi connectivity index (χ4n) is 1.78. The normalized spacial score (nSPS) is 11.7. The van der Waals surface area contributed by atoms with E-state index in [1.807, 2.05) is 0 Å². The molecule has 0 amide bonds. The molecule has 2 N–H and O–H groups in total. The molecule has 0 aliphatic carbocycles. The lowest BCUT2D eigenvalue weighted by Crippen LogP contribution is -2.01.